The van der Waals surface area contributed by atoms with E-state index in [1.165, 1.54) is 12.8 Å². The van der Waals surface area contributed by atoms with Gasteiger partial charge in [-0.3, -0.25) is 4.79 Å². The molecule has 1 aliphatic rings. The molecular weight excluding hydrogens is 292 g/mol. The number of benzene rings is 1. The fraction of sp³-hybridized carbons (Fsp3) is 0.611. The molecule has 0 heterocycles. The van der Waals surface area contributed by atoms with Gasteiger partial charge in [-0.2, -0.15) is 0 Å². The topological polar surface area (TPSA) is 61.8 Å². The minimum absolute atomic E-state index is 0.111. The smallest absolute Gasteiger partial charge is 0.250 e. The van der Waals surface area contributed by atoms with Crippen LogP contribution < -0.4 is 10.2 Å². The predicted molar refractivity (Wildman–Crippen MR) is 92.8 cm³/mol. The highest BCUT2D eigenvalue weighted by Gasteiger charge is 2.20. The van der Waals surface area contributed by atoms with Crippen molar-refractivity contribution in [3.05, 3.63) is 24.3 Å². The highest BCUT2D eigenvalue weighted by Crippen LogP contribution is 2.25. The van der Waals surface area contributed by atoms with Crippen LogP contribution in [-0.4, -0.2) is 43.9 Å². The van der Waals surface area contributed by atoms with Crippen molar-refractivity contribution in [3.8, 4) is 0 Å². The molecule has 2 atom stereocenters. The van der Waals surface area contributed by atoms with Crippen LogP contribution in [0.2, 0.25) is 0 Å². The van der Waals surface area contributed by atoms with E-state index in [2.05, 4.69) is 12.2 Å². The zero-order valence-electron chi connectivity index (χ0n) is 14.1. The molecule has 23 heavy (non-hydrogen) atoms. The Morgan fingerprint density at radius 1 is 1.35 bits per heavy atom. The number of aliphatic hydroxyl groups excluding tert-OH is 1. The maximum Gasteiger partial charge on any atom is 0.250 e. The minimum Gasteiger partial charge on any atom is -0.395 e. The lowest BCUT2D eigenvalue weighted by atomic mass is 9.89. The Bertz CT molecular complexity index is 490. The predicted octanol–water partition coefficient (Wildman–Crippen LogP) is 2.65. The molecule has 0 aromatic heterocycles. The van der Waals surface area contributed by atoms with E-state index in [1.54, 1.807) is 0 Å². The third-order valence-corrected chi connectivity index (χ3v) is 4.37. The Hall–Kier alpha value is -1.59. The molecule has 2 unspecified atom stereocenters. The summed E-state index contributed by atoms with van der Waals surface area (Å²) in [5.41, 5.74) is 1.77. The van der Waals surface area contributed by atoms with Crippen molar-refractivity contribution in [2.75, 3.05) is 37.0 Å². The maximum absolute atomic E-state index is 12.0. The summed E-state index contributed by atoms with van der Waals surface area (Å²) in [4.78, 5) is 13.9. The number of likely N-dealkylation sites (N-methyl/N-ethyl adjacent to an activating group) is 1. The number of rotatable bonds is 7. The van der Waals surface area contributed by atoms with Crippen molar-refractivity contribution >= 4 is 17.3 Å². The van der Waals surface area contributed by atoms with Crippen LogP contribution in [0.1, 0.15) is 32.6 Å². The Morgan fingerprint density at radius 3 is 2.74 bits per heavy atom. The third-order valence-electron chi connectivity index (χ3n) is 4.37. The molecule has 0 radical (unpaired) electrons. The lowest BCUT2D eigenvalue weighted by molar-refractivity contribution is -0.123. The van der Waals surface area contributed by atoms with Gasteiger partial charge in [-0.05, 0) is 43.0 Å². The van der Waals surface area contributed by atoms with Crippen molar-refractivity contribution in [3.63, 3.8) is 0 Å². The number of anilines is 2. The molecule has 0 bridgehead atoms. The van der Waals surface area contributed by atoms with Crippen molar-refractivity contribution < 1.29 is 14.6 Å². The second kappa shape index (κ2) is 8.89. The van der Waals surface area contributed by atoms with Gasteiger partial charge in [0, 0.05) is 25.0 Å². The molecule has 1 saturated carbocycles. The molecule has 2 N–H and O–H groups in total. The van der Waals surface area contributed by atoms with Crippen LogP contribution in [0.15, 0.2) is 24.3 Å². The van der Waals surface area contributed by atoms with E-state index in [0.717, 1.165) is 24.2 Å². The van der Waals surface area contributed by atoms with Crippen molar-refractivity contribution in [2.24, 2.45) is 5.92 Å². The summed E-state index contributed by atoms with van der Waals surface area (Å²) in [6, 6.07) is 7.58. The molecule has 0 saturated heterocycles. The summed E-state index contributed by atoms with van der Waals surface area (Å²) in [7, 11) is 1.92. The van der Waals surface area contributed by atoms with E-state index >= 15 is 0 Å². The molecule has 1 aromatic rings. The summed E-state index contributed by atoms with van der Waals surface area (Å²) in [6.07, 6.45) is 4.79. The van der Waals surface area contributed by atoms with Gasteiger partial charge in [-0.15, -0.1) is 0 Å². The van der Waals surface area contributed by atoms with E-state index < -0.39 is 0 Å². The van der Waals surface area contributed by atoms with Crippen LogP contribution in [0.4, 0.5) is 11.4 Å². The van der Waals surface area contributed by atoms with Crippen LogP contribution in [0.3, 0.4) is 0 Å². The molecule has 1 fully saturated rings. The molecule has 0 aliphatic heterocycles. The van der Waals surface area contributed by atoms with Gasteiger partial charge in [0.1, 0.15) is 6.61 Å². The van der Waals surface area contributed by atoms with E-state index in [4.69, 9.17) is 9.84 Å². The first kappa shape index (κ1) is 17.8. The monoisotopic (exact) mass is 320 g/mol. The molecule has 1 aromatic carbocycles. The van der Waals surface area contributed by atoms with Gasteiger partial charge in [-0.25, -0.2) is 0 Å². The number of amides is 1. The van der Waals surface area contributed by atoms with Gasteiger partial charge in [0.2, 0.25) is 5.91 Å². The number of carbonyl (C=O) groups excluding carboxylic acids is 1. The van der Waals surface area contributed by atoms with Crippen LogP contribution >= 0.6 is 0 Å². The number of hydrogen-bond acceptors (Lipinski definition) is 4. The van der Waals surface area contributed by atoms with E-state index in [9.17, 15) is 4.79 Å². The average Bonchev–Trinajstić information content (AvgIpc) is 2.54. The summed E-state index contributed by atoms with van der Waals surface area (Å²) in [5.74, 6) is 0.583. The number of carbonyl (C=O) groups is 1. The first-order valence-corrected chi connectivity index (χ1v) is 8.42. The molecule has 5 heteroatoms. The van der Waals surface area contributed by atoms with Crippen molar-refractivity contribution in [2.45, 2.75) is 38.7 Å². The Morgan fingerprint density at radius 2 is 2.09 bits per heavy atom. The number of nitrogens with zero attached hydrogens (tertiary/aromatic N) is 1. The number of aliphatic hydroxyl groups is 1. The van der Waals surface area contributed by atoms with Crippen LogP contribution in [0.5, 0.6) is 0 Å². The molecule has 1 amide bonds. The summed E-state index contributed by atoms with van der Waals surface area (Å²) in [6.45, 7) is 3.06. The Kier molecular flexibility index (Phi) is 6.86. The maximum atomic E-state index is 12.0. The highest BCUT2D eigenvalue weighted by molar-refractivity contribution is 5.91. The Labute approximate surface area is 138 Å². The van der Waals surface area contributed by atoms with Crippen LogP contribution in [0.25, 0.3) is 0 Å². The summed E-state index contributed by atoms with van der Waals surface area (Å²) in [5, 5.41) is 11.8. The zero-order chi connectivity index (χ0) is 16.7. The van der Waals surface area contributed by atoms with Crippen LogP contribution in [-0.2, 0) is 9.53 Å². The molecular formula is C18H28N2O3. The second-order valence-corrected chi connectivity index (χ2v) is 6.45. The van der Waals surface area contributed by atoms with Gasteiger partial charge in [0.15, 0.2) is 0 Å². The number of hydrogen-bond donors (Lipinski definition) is 2. The first-order valence-electron chi connectivity index (χ1n) is 8.42. The molecule has 128 valence electrons. The molecule has 1 aliphatic carbocycles. The zero-order valence-corrected chi connectivity index (χ0v) is 14.1. The second-order valence-electron chi connectivity index (χ2n) is 6.45. The molecule has 0 spiro atoms. The quantitative estimate of drug-likeness (QED) is 0.811. The summed E-state index contributed by atoms with van der Waals surface area (Å²) >= 11 is 0. The molecule has 5 nitrogen and oxygen atoms in total. The average molecular weight is 320 g/mol. The number of nitrogens with one attached hydrogen (secondary N) is 1. The van der Waals surface area contributed by atoms with Gasteiger partial charge < -0.3 is 20.1 Å². The lowest BCUT2D eigenvalue weighted by Crippen LogP contribution is -2.27. The van der Waals surface area contributed by atoms with E-state index in [0.29, 0.717) is 12.5 Å². The number of ether oxygens (including phenoxy) is 1. The SMILES string of the molecule is CC1CCCC(OCC(=O)Nc2ccc(N(C)CCO)cc2)C1. The van der Waals surface area contributed by atoms with Gasteiger partial charge >= 0.3 is 0 Å². The van der Waals surface area contributed by atoms with Crippen molar-refractivity contribution in [1.82, 2.24) is 0 Å². The fourth-order valence-corrected chi connectivity index (χ4v) is 3.00. The normalized spacial score (nSPS) is 21.0. The van der Waals surface area contributed by atoms with Crippen molar-refractivity contribution in [1.29, 1.82) is 0 Å². The first-order chi connectivity index (χ1) is 11.1. The van der Waals surface area contributed by atoms with Gasteiger partial charge in [0.05, 0.1) is 12.7 Å². The van der Waals surface area contributed by atoms with Crippen LogP contribution in [0, 0.1) is 5.92 Å². The fourth-order valence-electron chi connectivity index (χ4n) is 3.00. The minimum atomic E-state index is -0.111. The standard InChI is InChI=1S/C18H28N2O3/c1-14-4-3-5-17(12-14)23-13-18(22)19-15-6-8-16(9-7-15)20(2)10-11-21/h6-9,14,17,21H,3-5,10-13H2,1-2H3,(H,19,22). The summed E-state index contributed by atoms with van der Waals surface area (Å²) < 4.78 is 5.73. The lowest BCUT2D eigenvalue weighted by Gasteiger charge is -2.26. The largest absolute Gasteiger partial charge is 0.395 e. The van der Waals surface area contributed by atoms with Gasteiger partial charge in [0.25, 0.3) is 0 Å². The van der Waals surface area contributed by atoms with E-state index in [1.807, 2.05) is 36.2 Å². The molecule has 2 rings (SSSR count). The Balaban J connectivity index is 1.76. The third kappa shape index (κ3) is 5.84. The van der Waals surface area contributed by atoms with Gasteiger partial charge in [-0.1, -0.05) is 19.8 Å². The van der Waals surface area contributed by atoms with E-state index in [-0.39, 0.29) is 25.2 Å². The highest BCUT2D eigenvalue weighted by atomic mass is 16.5.